The first kappa shape index (κ1) is 22.5. The number of aryl methyl sites for hydroxylation is 1. The van der Waals surface area contributed by atoms with Crippen molar-refractivity contribution in [1.29, 1.82) is 0 Å². The van der Waals surface area contributed by atoms with Gasteiger partial charge in [-0.25, -0.2) is 0 Å². The van der Waals surface area contributed by atoms with Crippen molar-refractivity contribution in [2.24, 2.45) is 0 Å². The van der Waals surface area contributed by atoms with Gasteiger partial charge in [-0.2, -0.15) is 11.8 Å². The van der Waals surface area contributed by atoms with Crippen LogP contribution in [0.5, 0.6) is 0 Å². The number of hydrogen-bond acceptors (Lipinski definition) is 3. The second-order valence-corrected chi connectivity index (χ2v) is 8.42. The molecule has 0 aromatic heterocycles. The van der Waals surface area contributed by atoms with Crippen molar-refractivity contribution in [2.75, 3.05) is 17.3 Å². The molecule has 0 heterocycles. The Hall–Kier alpha value is -1.79. The minimum absolute atomic E-state index is 0.198. The number of amides is 2. The lowest BCUT2D eigenvalue weighted by Gasteiger charge is -2.19. The van der Waals surface area contributed by atoms with E-state index in [1.165, 1.54) is 5.56 Å². The van der Waals surface area contributed by atoms with Crippen LogP contribution >= 0.6 is 27.7 Å². The van der Waals surface area contributed by atoms with Crippen LogP contribution in [-0.2, 0) is 11.2 Å². The van der Waals surface area contributed by atoms with Gasteiger partial charge in [-0.1, -0.05) is 37.6 Å². The zero-order valence-electron chi connectivity index (χ0n) is 16.3. The Morgan fingerprint density at radius 2 is 1.82 bits per heavy atom. The normalized spacial score (nSPS) is 11.7. The van der Waals surface area contributed by atoms with Crippen molar-refractivity contribution in [2.45, 2.75) is 38.6 Å². The van der Waals surface area contributed by atoms with E-state index >= 15 is 0 Å². The third-order valence-electron chi connectivity index (χ3n) is 4.39. The van der Waals surface area contributed by atoms with Gasteiger partial charge in [0.1, 0.15) is 6.04 Å². The molecule has 6 heteroatoms. The molecule has 2 aromatic carbocycles. The van der Waals surface area contributed by atoms with Gasteiger partial charge in [0.05, 0.1) is 5.56 Å². The summed E-state index contributed by atoms with van der Waals surface area (Å²) >= 11 is 5.04. The molecule has 2 aromatic rings. The number of rotatable bonds is 10. The molecule has 4 nitrogen and oxygen atoms in total. The lowest BCUT2D eigenvalue weighted by molar-refractivity contribution is -0.118. The van der Waals surface area contributed by atoms with Gasteiger partial charge >= 0.3 is 0 Å². The van der Waals surface area contributed by atoms with Crippen molar-refractivity contribution in [1.82, 2.24) is 5.32 Å². The maximum Gasteiger partial charge on any atom is 0.253 e. The molecule has 2 amide bonds. The Bertz CT molecular complexity index is 780. The molecule has 0 radical (unpaired) electrons. The zero-order chi connectivity index (χ0) is 20.4. The molecule has 0 aliphatic rings. The first-order valence-electron chi connectivity index (χ1n) is 9.49. The average Bonchev–Trinajstić information content (AvgIpc) is 2.70. The summed E-state index contributed by atoms with van der Waals surface area (Å²) in [5, 5.41) is 5.80. The van der Waals surface area contributed by atoms with E-state index in [1.807, 2.05) is 42.7 Å². The molecule has 0 saturated heterocycles. The van der Waals surface area contributed by atoms with E-state index in [9.17, 15) is 9.59 Å². The highest BCUT2D eigenvalue weighted by atomic mass is 79.9. The number of thioether (sulfide) groups is 1. The molecule has 2 N–H and O–H groups in total. The highest BCUT2D eigenvalue weighted by Gasteiger charge is 2.22. The highest BCUT2D eigenvalue weighted by Crippen LogP contribution is 2.17. The van der Waals surface area contributed by atoms with Gasteiger partial charge in [0.2, 0.25) is 5.91 Å². The van der Waals surface area contributed by atoms with Gasteiger partial charge in [-0.3, -0.25) is 9.59 Å². The summed E-state index contributed by atoms with van der Waals surface area (Å²) in [6, 6.07) is 14.5. The van der Waals surface area contributed by atoms with Crippen LogP contribution in [0.2, 0.25) is 0 Å². The Morgan fingerprint density at radius 3 is 2.46 bits per heavy atom. The van der Waals surface area contributed by atoms with E-state index in [4.69, 9.17) is 0 Å². The second-order valence-electron chi connectivity index (χ2n) is 6.58. The number of unbranched alkanes of at least 4 members (excludes halogenated alkanes) is 1. The summed E-state index contributed by atoms with van der Waals surface area (Å²) in [7, 11) is 0. The van der Waals surface area contributed by atoms with Crippen LogP contribution < -0.4 is 10.6 Å². The van der Waals surface area contributed by atoms with Crippen molar-refractivity contribution < 1.29 is 9.59 Å². The van der Waals surface area contributed by atoms with Crippen LogP contribution in [0, 0.1) is 0 Å². The monoisotopic (exact) mass is 462 g/mol. The minimum Gasteiger partial charge on any atom is -0.340 e. The van der Waals surface area contributed by atoms with Crippen molar-refractivity contribution in [3.63, 3.8) is 0 Å². The fraction of sp³-hybridized carbons (Fsp3) is 0.364. The third kappa shape index (κ3) is 6.99. The van der Waals surface area contributed by atoms with Crippen LogP contribution in [-0.4, -0.2) is 29.9 Å². The molecule has 2 rings (SSSR count). The lowest BCUT2D eigenvalue weighted by atomic mass is 10.1. The fourth-order valence-electron chi connectivity index (χ4n) is 2.75. The topological polar surface area (TPSA) is 58.2 Å². The van der Waals surface area contributed by atoms with Gasteiger partial charge in [-0.05, 0) is 77.0 Å². The largest absolute Gasteiger partial charge is 0.340 e. The molecular weight excluding hydrogens is 436 g/mol. The van der Waals surface area contributed by atoms with Crippen LogP contribution in [0.15, 0.2) is 53.0 Å². The Balaban J connectivity index is 2.04. The number of halogens is 1. The van der Waals surface area contributed by atoms with Gasteiger partial charge in [-0.15, -0.1) is 0 Å². The minimum atomic E-state index is -0.591. The summed E-state index contributed by atoms with van der Waals surface area (Å²) in [5.74, 6) is 0.323. The first-order chi connectivity index (χ1) is 13.5. The van der Waals surface area contributed by atoms with Crippen LogP contribution in [0.3, 0.4) is 0 Å². The third-order valence-corrected chi connectivity index (χ3v) is 5.73. The standard InChI is InChI=1S/C22H27BrN2O2S/c1-3-4-7-16-10-12-17(13-11-16)24-22(27)20(14-15-28-2)25-21(26)18-8-5-6-9-19(18)23/h5-6,8-13,20H,3-4,7,14-15H2,1-2H3,(H,24,27)(H,25,26). The first-order valence-corrected chi connectivity index (χ1v) is 11.7. The van der Waals surface area contributed by atoms with E-state index in [-0.39, 0.29) is 11.8 Å². The molecule has 0 aliphatic heterocycles. The maximum atomic E-state index is 12.8. The molecule has 0 saturated carbocycles. The van der Waals surface area contributed by atoms with Crippen molar-refractivity contribution in [3.05, 3.63) is 64.1 Å². The molecule has 150 valence electrons. The Labute approximate surface area is 180 Å². The Kier molecular flexibility index (Phi) is 9.58. The van der Waals surface area contributed by atoms with Gasteiger partial charge in [0.15, 0.2) is 0 Å². The SMILES string of the molecule is CCCCc1ccc(NC(=O)C(CCSC)NC(=O)c2ccccc2Br)cc1. The summed E-state index contributed by atoms with van der Waals surface area (Å²) < 4.78 is 0.708. The van der Waals surface area contributed by atoms with Gasteiger partial charge < -0.3 is 10.6 Å². The zero-order valence-corrected chi connectivity index (χ0v) is 18.7. The predicted octanol–water partition coefficient (Wildman–Crippen LogP) is 5.28. The second kappa shape index (κ2) is 11.9. The summed E-state index contributed by atoms with van der Waals surface area (Å²) in [6.07, 6.45) is 5.91. The van der Waals surface area contributed by atoms with Crippen LogP contribution in [0.1, 0.15) is 42.1 Å². The number of carbonyl (C=O) groups is 2. The lowest BCUT2D eigenvalue weighted by Crippen LogP contribution is -2.44. The number of nitrogens with one attached hydrogen (secondary N) is 2. The van der Waals surface area contributed by atoms with E-state index in [0.717, 1.165) is 30.7 Å². The molecule has 0 fully saturated rings. The smallest absolute Gasteiger partial charge is 0.253 e. The molecule has 1 atom stereocenters. The van der Waals surface area contributed by atoms with Crippen LogP contribution in [0.25, 0.3) is 0 Å². The summed E-state index contributed by atoms with van der Waals surface area (Å²) in [5.41, 5.74) is 2.53. The maximum absolute atomic E-state index is 12.8. The predicted molar refractivity (Wildman–Crippen MR) is 122 cm³/mol. The van der Waals surface area contributed by atoms with E-state index < -0.39 is 6.04 Å². The molecule has 0 aliphatic carbocycles. The van der Waals surface area contributed by atoms with E-state index in [0.29, 0.717) is 16.5 Å². The average molecular weight is 463 g/mol. The summed E-state index contributed by atoms with van der Waals surface area (Å²) in [4.78, 5) is 25.4. The van der Waals surface area contributed by atoms with Crippen molar-refractivity contribution >= 4 is 45.2 Å². The highest BCUT2D eigenvalue weighted by molar-refractivity contribution is 9.10. The van der Waals surface area contributed by atoms with Gasteiger partial charge in [0, 0.05) is 10.2 Å². The molecule has 0 spiro atoms. The number of anilines is 1. The summed E-state index contributed by atoms with van der Waals surface area (Å²) in [6.45, 7) is 2.17. The molecule has 28 heavy (non-hydrogen) atoms. The quantitative estimate of drug-likeness (QED) is 0.504. The van der Waals surface area contributed by atoms with Crippen LogP contribution in [0.4, 0.5) is 5.69 Å². The van der Waals surface area contributed by atoms with Crippen molar-refractivity contribution in [3.8, 4) is 0 Å². The number of hydrogen-bond donors (Lipinski definition) is 2. The Morgan fingerprint density at radius 1 is 1.11 bits per heavy atom. The van der Waals surface area contributed by atoms with Gasteiger partial charge in [0.25, 0.3) is 5.91 Å². The van der Waals surface area contributed by atoms with E-state index in [2.05, 4.69) is 33.5 Å². The fourth-order valence-corrected chi connectivity index (χ4v) is 3.69. The molecular formula is C22H27BrN2O2S. The molecule has 1 unspecified atom stereocenters. The number of benzene rings is 2. The van der Waals surface area contributed by atoms with E-state index in [1.54, 1.807) is 23.9 Å². The molecule has 0 bridgehead atoms. The number of carbonyl (C=O) groups excluding carboxylic acids is 2.